The predicted octanol–water partition coefficient (Wildman–Crippen LogP) is 6.10. The van der Waals surface area contributed by atoms with Crippen molar-refractivity contribution in [3.05, 3.63) is 101 Å². The lowest BCUT2D eigenvalue weighted by molar-refractivity contribution is -0.117. The number of rotatable bonds is 5. The van der Waals surface area contributed by atoms with E-state index in [4.69, 9.17) is 4.74 Å². The van der Waals surface area contributed by atoms with E-state index in [9.17, 15) is 14.0 Å². The molecule has 3 aromatic carbocycles. The van der Waals surface area contributed by atoms with Crippen molar-refractivity contribution in [1.29, 1.82) is 0 Å². The number of fused-ring (bicyclic) bond motifs is 1. The van der Waals surface area contributed by atoms with E-state index in [0.717, 1.165) is 37.2 Å². The first-order chi connectivity index (χ1) is 17.5. The molecule has 0 aromatic heterocycles. The van der Waals surface area contributed by atoms with Gasteiger partial charge in [-0.25, -0.2) is 4.39 Å². The van der Waals surface area contributed by atoms with Crippen LogP contribution in [0.25, 0.3) is 6.08 Å². The Morgan fingerprint density at radius 2 is 1.69 bits per heavy atom. The lowest BCUT2D eigenvalue weighted by Gasteiger charge is -2.30. The number of carbonyl (C=O) groups is 2. The van der Waals surface area contributed by atoms with Gasteiger partial charge >= 0.3 is 0 Å². The third kappa shape index (κ3) is 5.18. The number of hydrogen-bond acceptors (Lipinski definition) is 3. The van der Waals surface area contributed by atoms with Crippen LogP contribution in [0.3, 0.4) is 0 Å². The van der Waals surface area contributed by atoms with Crippen molar-refractivity contribution >= 4 is 23.6 Å². The second-order valence-corrected chi connectivity index (χ2v) is 9.61. The fourth-order valence-corrected chi connectivity index (χ4v) is 4.77. The SMILES string of the molecule is CC1CCC(NC(=O)c2ccc(/C=C3\Oc4ccccc4N(Cc4ccccc4F)C3=O)cc2)CC1. The number of benzene rings is 3. The number of carbonyl (C=O) groups excluding carboxylic acids is 2. The van der Waals surface area contributed by atoms with Crippen molar-refractivity contribution in [2.24, 2.45) is 5.92 Å². The summed E-state index contributed by atoms with van der Waals surface area (Å²) in [6.45, 7) is 2.34. The molecule has 1 aliphatic carbocycles. The second-order valence-electron chi connectivity index (χ2n) is 9.61. The normalized spacial score (nSPS) is 20.6. The van der Waals surface area contributed by atoms with Crippen molar-refractivity contribution in [3.63, 3.8) is 0 Å². The fraction of sp³-hybridized carbons (Fsp3) is 0.267. The average molecular weight is 485 g/mol. The van der Waals surface area contributed by atoms with Crippen LogP contribution >= 0.6 is 0 Å². The molecule has 36 heavy (non-hydrogen) atoms. The molecule has 0 unspecified atom stereocenters. The molecule has 5 nitrogen and oxygen atoms in total. The summed E-state index contributed by atoms with van der Waals surface area (Å²) in [6, 6.07) is 21.0. The molecule has 0 bridgehead atoms. The molecule has 3 aromatic rings. The monoisotopic (exact) mass is 484 g/mol. The van der Waals surface area contributed by atoms with Crippen molar-refractivity contribution in [1.82, 2.24) is 5.32 Å². The van der Waals surface area contributed by atoms with Gasteiger partial charge < -0.3 is 10.1 Å². The molecule has 1 aliphatic heterocycles. The van der Waals surface area contributed by atoms with E-state index < -0.39 is 0 Å². The zero-order valence-corrected chi connectivity index (χ0v) is 20.2. The Labute approximate surface area is 210 Å². The first-order valence-electron chi connectivity index (χ1n) is 12.4. The number of nitrogens with zero attached hydrogens (tertiary/aromatic N) is 1. The lowest BCUT2D eigenvalue weighted by Crippen LogP contribution is -2.37. The first kappa shape index (κ1) is 23.8. The molecule has 184 valence electrons. The second kappa shape index (κ2) is 10.4. The summed E-state index contributed by atoms with van der Waals surface area (Å²) < 4.78 is 20.3. The summed E-state index contributed by atoms with van der Waals surface area (Å²) in [4.78, 5) is 27.6. The van der Waals surface area contributed by atoms with Gasteiger partial charge in [-0.15, -0.1) is 0 Å². The topological polar surface area (TPSA) is 58.6 Å². The largest absolute Gasteiger partial charge is 0.449 e. The van der Waals surface area contributed by atoms with Crippen LogP contribution in [0.15, 0.2) is 78.6 Å². The van der Waals surface area contributed by atoms with Gasteiger partial charge in [-0.2, -0.15) is 0 Å². The van der Waals surface area contributed by atoms with Crippen LogP contribution in [0, 0.1) is 11.7 Å². The van der Waals surface area contributed by atoms with E-state index >= 15 is 0 Å². The molecule has 0 spiro atoms. The number of amides is 2. The van der Waals surface area contributed by atoms with Crippen LogP contribution in [0.2, 0.25) is 0 Å². The molecular weight excluding hydrogens is 455 g/mol. The summed E-state index contributed by atoms with van der Waals surface area (Å²) in [5.41, 5.74) is 2.32. The third-order valence-corrected chi connectivity index (χ3v) is 6.94. The van der Waals surface area contributed by atoms with Crippen LogP contribution in [0.5, 0.6) is 5.75 Å². The van der Waals surface area contributed by atoms with E-state index in [0.29, 0.717) is 22.6 Å². The Morgan fingerprint density at radius 3 is 2.44 bits per heavy atom. The van der Waals surface area contributed by atoms with Gasteiger partial charge in [0.2, 0.25) is 0 Å². The van der Waals surface area contributed by atoms with Crippen molar-refractivity contribution in [2.45, 2.75) is 45.2 Å². The summed E-state index contributed by atoms with van der Waals surface area (Å²) in [5, 5.41) is 3.14. The summed E-state index contributed by atoms with van der Waals surface area (Å²) in [6.07, 6.45) is 5.96. The minimum absolute atomic E-state index is 0.0799. The lowest BCUT2D eigenvalue weighted by atomic mass is 9.87. The molecular formula is C30H29FN2O3. The number of para-hydroxylation sites is 2. The average Bonchev–Trinajstić information content (AvgIpc) is 2.89. The fourth-order valence-electron chi connectivity index (χ4n) is 4.77. The molecule has 2 aliphatic rings. The highest BCUT2D eigenvalue weighted by molar-refractivity contribution is 6.09. The zero-order chi connectivity index (χ0) is 25.1. The van der Waals surface area contributed by atoms with Gasteiger partial charge in [0.1, 0.15) is 5.82 Å². The molecule has 1 N–H and O–H groups in total. The Bertz CT molecular complexity index is 1290. The van der Waals surface area contributed by atoms with Crippen LogP contribution in [-0.2, 0) is 11.3 Å². The van der Waals surface area contributed by atoms with Crippen LogP contribution in [0.4, 0.5) is 10.1 Å². The molecule has 0 radical (unpaired) electrons. The molecule has 6 heteroatoms. The quantitative estimate of drug-likeness (QED) is 0.445. The maximum Gasteiger partial charge on any atom is 0.294 e. The molecule has 0 saturated heterocycles. The Kier molecular flexibility index (Phi) is 6.85. The van der Waals surface area contributed by atoms with Crippen LogP contribution in [-0.4, -0.2) is 17.9 Å². The highest BCUT2D eigenvalue weighted by Gasteiger charge is 2.30. The minimum atomic E-state index is -0.364. The van der Waals surface area contributed by atoms with Gasteiger partial charge in [0.15, 0.2) is 11.5 Å². The van der Waals surface area contributed by atoms with Crippen LogP contribution in [0.1, 0.15) is 54.1 Å². The maximum atomic E-state index is 14.3. The van der Waals surface area contributed by atoms with E-state index in [1.807, 2.05) is 12.1 Å². The van der Waals surface area contributed by atoms with E-state index in [-0.39, 0.29) is 36.0 Å². The Morgan fingerprint density at radius 1 is 1.00 bits per heavy atom. The summed E-state index contributed by atoms with van der Waals surface area (Å²) >= 11 is 0. The molecule has 0 atom stereocenters. The number of hydrogen-bond donors (Lipinski definition) is 1. The van der Waals surface area contributed by atoms with E-state index in [2.05, 4.69) is 12.2 Å². The highest BCUT2D eigenvalue weighted by atomic mass is 19.1. The minimum Gasteiger partial charge on any atom is -0.449 e. The number of halogens is 1. The first-order valence-corrected chi connectivity index (χ1v) is 12.4. The van der Waals surface area contributed by atoms with E-state index in [1.165, 1.54) is 11.0 Å². The van der Waals surface area contributed by atoms with Gasteiger partial charge in [0.05, 0.1) is 12.2 Å². The predicted molar refractivity (Wildman–Crippen MR) is 138 cm³/mol. The summed E-state index contributed by atoms with van der Waals surface area (Å²) in [5.74, 6) is 0.589. The van der Waals surface area contributed by atoms with Gasteiger partial charge in [0.25, 0.3) is 11.8 Å². The summed E-state index contributed by atoms with van der Waals surface area (Å²) in [7, 11) is 0. The highest BCUT2D eigenvalue weighted by Crippen LogP contribution is 2.36. The zero-order valence-electron chi connectivity index (χ0n) is 20.2. The van der Waals surface area contributed by atoms with Gasteiger partial charge in [0, 0.05) is 17.2 Å². The standard InChI is InChI=1S/C30H29FN2O3/c1-20-10-16-24(17-11-20)32-29(34)22-14-12-21(13-15-22)18-28-30(35)33(19-23-6-2-3-7-25(23)31)26-8-4-5-9-27(26)36-28/h2-9,12-15,18,20,24H,10-11,16-17,19H2,1H3,(H,32,34)/b28-18-. The van der Waals surface area contributed by atoms with Gasteiger partial charge in [-0.1, -0.05) is 49.4 Å². The van der Waals surface area contributed by atoms with E-state index in [1.54, 1.807) is 60.7 Å². The molecule has 5 rings (SSSR count). The third-order valence-electron chi connectivity index (χ3n) is 6.94. The molecule has 1 saturated carbocycles. The number of nitrogens with one attached hydrogen (secondary N) is 1. The molecule has 2 amide bonds. The maximum absolute atomic E-state index is 14.3. The smallest absolute Gasteiger partial charge is 0.294 e. The van der Waals surface area contributed by atoms with Crippen molar-refractivity contribution < 1.29 is 18.7 Å². The van der Waals surface area contributed by atoms with Gasteiger partial charge in [-0.3, -0.25) is 14.5 Å². The Balaban J connectivity index is 1.34. The van der Waals surface area contributed by atoms with Crippen molar-refractivity contribution in [3.8, 4) is 5.75 Å². The number of ether oxygens (including phenoxy) is 1. The molecule has 1 heterocycles. The Hall–Kier alpha value is -3.93. The van der Waals surface area contributed by atoms with Gasteiger partial charge in [-0.05, 0) is 73.6 Å². The molecule has 1 fully saturated rings. The number of anilines is 1. The van der Waals surface area contributed by atoms with Crippen LogP contribution < -0.4 is 15.0 Å². The van der Waals surface area contributed by atoms with Crippen molar-refractivity contribution in [2.75, 3.05) is 4.90 Å².